The van der Waals surface area contributed by atoms with Gasteiger partial charge in [-0.25, -0.2) is 13.6 Å². The van der Waals surface area contributed by atoms with Crippen LogP contribution in [0.15, 0.2) is 36.4 Å². The van der Waals surface area contributed by atoms with Crippen molar-refractivity contribution in [1.82, 2.24) is 0 Å². The van der Waals surface area contributed by atoms with Crippen molar-refractivity contribution in [3.8, 4) is 0 Å². The maximum atomic E-state index is 13.2. The Morgan fingerprint density at radius 2 is 1.81 bits per heavy atom. The van der Waals surface area contributed by atoms with Gasteiger partial charge >= 0.3 is 5.97 Å². The standard InChI is InChI=1S/C17H14F2N2O5/c1-20(2)15-6-4-11(21(24)25)8-12(15)17(23)26-9-16(22)10-3-5-13(18)14(19)7-10/h3-8H,9H2,1-2H3. The molecule has 0 aromatic heterocycles. The van der Waals surface area contributed by atoms with Gasteiger partial charge in [0, 0.05) is 31.8 Å². The summed E-state index contributed by atoms with van der Waals surface area (Å²) in [6, 6.07) is 6.20. The number of nitro groups is 1. The molecule has 0 fully saturated rings. The lowest BCUT2D eigenvalue weighted by atomic mass is 10.1. The lowest BCUT2D eigenvalue weighted by Crippen LogP contribution is -2.18. The number of anilines is 1. The maximum absolute atomic E-state index is 13.2. The average molecular weight is 364 g/mol. The second-order valence-corrected chi connectivity index (χ2v) is 5.48. The minimum atomic E-state index is -1.20. The quantitative estimate of drug-likeness (QED) is 0.339. The molecule has 0 unspecified atom stereocenters. The zero-order valence-electron chi connectivity index (χ0n) is 13.9. The van der Waals surface area contributed by atoms with Crippen molar-refractivity contribution < 1.29 is 28.0 Å². The van der Waals surface area contributed by atoms with Gasteiger partial charge in [0.25, 0.3) is 5.69 Å². The summed E-state index contributed by atoms with van der Waals surface area (Å²) in [5.74, 6) is -4.00. The largest absolute Gasteiger partial charge is 0.454 e. The lowest BCUT2D eigenvalue weighted by Gasteiger charge is -2.16. The van der Waals surface area contributed by atoms with Crippen LogP contribution in [0.2, 0.25) is 0 Å². The fourth-order valence-electron chi connectivity index (χ4n) is 2.15. The molecule has 0 aliphatic rings. The molecule has 2 rings (SSSR count). The van der Waals surface area contributed by atoms with Crippen LogP contribution in [0.25, 0.3) is 0 Å². The normalized spacial score (nSPS) is 10.3. The Morgan fingerprint density at radius 3 is 2.38 bits per heavy atom. The summed E-state index contributed by atoms with van der Waals surface area (Å²) >= 11 is 0. The van der Waals surface area contributed by atoms with E-state index >= 15 is 0 Å². The zero-order chi connectivity index (χ0) is 19.4. The number of nitro benzene ring substituents is 1. The molecule has 26 heavy (non-hydrogen) atoms. The van der Waals surface area contributed by atoms with Crippen LogP contribution in [-0.2, 0) is 4.74 Å². The van der Waals surface area contributed by atoms with E-state index in [0.29, 0.717) is 11.8 Å². The van der Waals surface area contributed by atoms with Gasteiger partial charge in [0.05, 0.1) is 16.2 Å². The summed E-state index contributed by atoms with van der Waals surface area (Å²) < 4.78 is 30.9. The molecule has 0 radical (unpaired) electrons. The molecule has 2 aromatic carbocycles. The van der Waals surface area contributed by atoms with Crippen molar-refractivity contribution >= 4 is 23.1 Å². The lowest BCUT2D eigenvalue weighted by molar-refractivity contribution is -0.384. The first kappa shape index (κ1) is 19.0. The first-order valence-electron chi connectivity index (χ1n) is 7.32. The van der Waals surface area contributed by atoms with Crippen LogP contribution in [0.4, 0.5) is 20.2 Å². The van der Waals surface area contributed by atoms with Crippen LogP contribution in [-0.4, -0.2) is 37.4 Å². The molecule has 2 aromatic rings. The molecule has 0 amide bonds. The predicted octanol–water partition coefficient (Wildman–Crippen LogP) is 2.98. The fraction of sp³-hybridized carbons (Fsp3) is 0.176. The van der Waals surface area contributed by atoms with Crippen molar-refractivity contribution in [2.75, 3.05) is 25.6 Å². The average Bonchev–Trinajstić information content (AvgIpc) is 2.60. The van der Waals surface area contributed by atoms with Crippen LogP contribution < -0.4 is 4.90 Å². The van der Waals surface area contributed by atoms with E-state index in [9.17, 15) is 28.5 Å². The van der Waals surface area contributed by atoms with Crippen molar-refractivity contribution in [1.29, 1.82) is 0 Å². The molecule has 0 aliphatic carbocycles. The third-order valence-corrected chi connectivity index (χ3v) is 3.47. The van der Waals surface area contributed by atoms with Gasteiger partial charge in [-0.05, 0) is 24.3 Å². The Kier molecular flexibility index (Phi) is 5.61. The van der Waals surface area contributed by atoms with Gasteiger partial charge in [0.15, 0.2) is 24.0 Å². The van der Waals surface area contributed by atoms with E-state index in [1.54, 1.807) is 19.0 Å². The van der Waals surface area contributed by atoms with Crippen molar-refractivity contribution in [2.45, 2.75) is 0 Å². The number of hydrogen-bond donors (Lipinski definition) is 0. The Morgan fingerprint density at radius 1 is 1.12 bits per heavy atom. The molecule has 0 atom stereocenters. The summed E-state index contributed by atoms with van der Waals surface area (Å²) in [5.41, 5.74) is -0.207. The molecule has 0 spiro atoms. The highest BCUT2D eigenvalue weighted by Gasteiger charge is 2.20. The zero-order valence-corrected chi connectivity index (χ0v) is 13.9. The number of ketones is 1. The number of hydrogen-bond acceptors (Lipinski definition) is 6. The maximum Gasteiger partial charge on any atom is 0.340 e. The summed E-state index contributed by atoms with van der Waals surface area (Å²) in [7, 11) is 3.26. The number of esters is 1. The first-order chi connectivity index (χ1) is 12.2. The first-order valence-corrected chi connectivity index (χ1v) is 7.32. The summed E-state index contributed by atoms with van der Waals surface area (Å²) in [5, 5.41) is 10.9. The molecule has 0 aliphatic heterocycles. The number of halogens is 2. The minimum absolute atomic E-state index is 0.0951. The predicted molar refractivity (Wildman–Crippen MR) is 88.4 cm³/mol. The van der Waals surface area contributed by atoms with Gasteiger partial charge in [-0.1, -0.05) is 0 Å². The Bertz CT molecular complexity index is 883. The van der Waals surface area contributed by atoms with Crippen LogP contribution >= 0.6 is 0 Å². The number of Topliss-reactive ketones (excluding diaryl/α,β-unsaturated/α-hetero) is 1. The minimum Gasteiger partial charge on any atom is -0.454 e. The summed E-state index contributed by atoms with van der Waals surface area (Å²) in [6.45, 7) is -0.723. The molecule has 136 valence electrons. The molecule has 0 heterocycles. The van der Waals surface area contributed by atoms with E-state index in [0.717, 1.165) is 18.2 Å². The summed E-state index contributed by atoms with van der Waals surface area (Å²) in [6.07, 6.45) is 0. The van der Waals surface area contributed by atoms with Gasteiger partial charge in [0.1, 0.15) is 0 Å². The van der Waals surface area contributed by atoms with Crippen LogP contribution in [0, 0.1) is 21.7 Å². The topological polar surface area (TPSA) is 89.8 Å². The SMILES string of the molecule is CN(C)c1ccc([N+](=O)[O-])cc1C(=O)OCC(=O)c1ccc(F)c(F)c1. The number of nitrogens with zero attached hydrogens (tertiary/aromatic N) is 2. The van der Waals surface area contributed by atoms with Crippen LogP contribution in [0.5, 0.6) is 0 Å². The van der Waals surface area contributed by atoms with Crippen molar-refractivity contribution in [3.63, 3.8) is 0 Å². The Balaban J connectivity index is 2.18. The van der Waals surface area contributed by atoms with E-state index < -0.39 is 34.9 Å². The monoisotopic (exact) mass is 364 g/mol. The second kappa shape index (κ2) is 7.68. The molecule has 9 heteroatoms. The summed E-state index contributed by atoms with van der Waals surface area (Å²) in [4.78, 5) is 36.0. The van der Waals surface area contributed by atoms with Gasteiger partial charge in [-0.15, -0.1) is 0 Å². The number of ether oxygens (including phenoxy) is 1. The number of benzene rings is 2. The second-order valence-electron chi connectivity index (χ2n) is 5.48. The van der Waals surface area contributed by atoms with Crippen LogP contribution in [0.1, 0.15) is 20.7 Å². The van der Waals surface area contributed by atoms with E-state index in [2.05, 4.69) is 0 Å². The van der Waals surface area contributed by atoms with Gasteiger partial charge in [-0.2, -0.15) is 0 Å². The number of carbonyl (C=O) groups excluding carboxylic acids is 2. The Hall–Kier alpha value is -3.36. The van der Waals surface area contributed by atoms with E-state index in [-0.39, 0.29) is 16.8 Å². The molecular weight excluding hydrogens is 350 g/mol. The molecule has 7 nitrogen and oxygen atoms in total. The highest BCUT2D eigenvalue weighted by atomic mass is 19.2. The Labute approximate surface area is 146 Å². The smallest absolute Gasteiger partial charge is 0.340 e. The highest BCUT2D eigenvalue weighted by Crippen LogP contribution is 2.25. The van der Waals surface area contributed by atoms with Crippen molar-refractivity contribution in [3.05, 3.63) is 69.3 Å². The van der Waals surface area contributed by atoms with Gasteiger partial charge in [0.2, 0.25) is 0 Å². The van der Waals surface area contributed by atoms with Gasteiger partial charge < -0.3 is 9.64 Å². The van der Waals surface area contributed by atoms with E-state index in [1.165, 1.54) is 12.1 Å². The molecule has 0 saturated heterocycles. The highest BCUT2D eigenvalue weighted by molar-refractivity contribution is 6.01. The van der Waals surface area contributed by atoms with Gasteiger partial charge in [-0.3, -0.25) is 14.9 Å². The number of non-ortho nitro benzene ring substituents is 1. The molecule has 0 N–H and O–H groups in total. The van der Waals surface area contributed by atoms with E-state index in [1.807, 2.05) is 0 Å². The molecular formula is C17H14F2N2O5. The number of rotatable bonds is 6. The molecule has 0 saturated carbocycles. The van der Waals surface area contributed by atoms with E-state index in [4.69, 9.17) is 4.74 Å². The molecule has 0 bridgehead atoms. The van der Waals surface area contributed by atoms with Crippen molar-refractivity contribution in [2.24, 2.45) is 0 Å². The third kappa shape index (κ3) is 4.18. The third-order valence-electron chi connectivity index (χ3n) is 3.47. The van der Waals surface area contributed by atoms with Crippen LogP contribution in [0.3, 0.4) is 0 Å². The number of carbonyl (C=O) groups is 2. The fourth-order valence-corrected chi connectivity index (χ4v) is 2.15.